The van der Waals surface area contributed by atoms with Gasteiger partial charge in [0.1, 0.15) is 0 Å². The largest absolute Gasteiger partial charge is 0.346 e. The van der Waals surface area contributed by atoms with Crippen LogP contribution >= 0.6 is 0 Å². The Labute approximate surface area is 109 Å². The topological polar surface area (TPSA) is 17.0 Å². The van der Waals surface area contributed by atoms with Crippen molar-refractivity contribution in [2.45, 2.75) is 32.9 Å². The van der Waals surface area contributed by atoms with Crippen LogP contribution in [0, 0.1) is 12.3 Å². The number of fused-ring (bicyclic) bond motifs is 1. The number of nitrogens with zero attached hydrogens (tertiary/aromatic N) is 1. The molecule has 0 saturated carbocycles. The minimum absolute atomic E-state index is 0.778. The Hall–Kier alpha value is -1.72. The maximum Gasteiger partial charge on any atom is 0.0526 e. The normalized spacial score (nSPS) is 10.7. The van der Waals surface area contributed by atoms with Gasteiger partial charge in [-0.3, -0.25) is 0 Å². The molecule has 1 heterocycles. The quantitative estimate of drug-likeness (QED) is 0.606. The molecule has 0 aliphatic carbocycles. The standard InChI is InChI=1S/C16H20N2/c1-3-5-11-18-12-9-14-7-6-8-15(16(14)18)13-17-10-4-2/h1,6-9,12,17H,4-5,10-11,13H2,2H3. The molecule has 1 aromatic heterocycles. The first-order valence-electron chi connectivity index (χ1n) is 6.57. The molecule has 2 rings (SSSR count). The second kappa shape index (κ2) is 6.28. The summed E-state index contributed by atoms with van der Waals surface area (Å²) < 4.78 is 2.26. The lowest BCUT2D eigenvalue weighted by molar-refractivity contribution is 0.672. The Morgan fingerprint density at radius 1 is 1.33 bits per heavy atom. The van der Waals surface area contributed by atoms with Gasteiger partial charge in [0.05, 0.1) is 5.52 Å². The Bertz CT molecular complexity index is 546. The molecule has 0 unspecified atom stereocenters. The lowest BCUT2D eigenvalue weighted by Crippen LogP contribution is -2.14. The van der Waals surface area contributed by atoms with E-state index >= 15 is 0 Å². The minimum atomic E-state index is 0.778. The molecule has 0 fully saturated rings. The Morgan fingerprint density at radius 3 is 3.00 bits per heavy atom. The van der Waals surface area contributed by atoms with Crippen LogP contribution in [0.25, 0.3) is 10.9 Å². The highest BCUT2D eigenvalue weighted by atomic mass is 15.0. The van der Waals surface area contributed by atoms with Crippen LogP contribution in [0.15, 0.2) is 30.5 Å². The van der Waals surface area contributed by atoms with E-state index in [0.717, 1.165) is 32.5 Å². The molecule has 0 saturated heterocycles. The molecule has 18 heavy (non-hydrogen) atoms. The van der Waals surface area contributed by atoms with Crippen molar-refractivity contribution in [3.63, 3.8) is 0 Å². The third-order valence-corrected chi connectivity index (χ3v) is 3.11. The average molecular weight is 240 g/mol. The van der Waals surface area contributed by atoms with E-state index in [1.165, 1.54) is 16.5 Å². The molecule has 0 atom stereocenters. The van der Waals surface area contributed by atoms with E-state index in [1.54, 1.807) is 0 Å². The Balaban J connectivity index is 2.27. The van der Waals surface area contributed by atoms with Gasteiger partial charge in [0.25, 0.3) is 0 Å². The van der Waals surface area contributed by atoms with Crippen LogP contribution in [0.5, 0.6) is 0 Å². The summed E-state index contributed by atoms with van der Waals surface area (Å²) in [6.07, 6.45) is 9.42. The van der Waals surface area contributed by atoms with Crippen molar-refractivity contribution in [1.29, 1.82) is 0 Å². The average Bonchev–Trinajstić information content (AvgIpc) is 2.81. The van der Waals surface area contributed by atoms with Gasteiger partial charge in [-0.15, -0.1) is 12.3 Å². The van der Waals surface area contributed by atoms with Crippen molar-refractivity contribution in [3.8, 4) is 12.3 Å². The number of para-hydroxylation sites is 1. The van der Waals surface area contributed by atoms with Gasteiger partial charge in [-0.2, -0.15) is 0 Å². The van der Waals surface area contributed by atoms with Gasteiger partial charge in [0, 0.05) is 25.7 Å². The Morgan fingerprint density at radius 2 is 2.22 bits per heavy atom. The van der Waals surface area contributed by atoms with Gasteiger partial charge in [-0.25, -0.2) is 0 Å². The van der Waals surface area contributed by atoms with Crippen LogP contribution in [0.3, 0.4) is 0 Å². The van der Waals surface area contributed by atoms with Crippen LogP contribution in [-0.2, 0) is 13.1 Å². The predicted octanol–water partition coefficient (Wildman–Crippen LogP) is 3.16. The van der Waals surface area contributed by atoms with E-state index in [2.05, 4.69) is 53.2 Å². The third-order valence-electron chi connectivity index (χ3n) is 3.11. The van der Waals surface area contributed by atoms with Crippen molar-refractivity contribution in [2.75, 3.05) is 6.54 Å². The summed E-state index contributed by atoms with van der Waals surface area (Å²) in [6, 6.07) is 8.63. The summed E-state index contributed by atoms with van der Waals surface area (Å²) in [6.45, 7) is 5.06. The van der Waals surface area contributed by atoms with E-state index in [4.69, 9.17) is 6.42 Å². The molecule has 0 spiro atoms. The number of terminal acetylenes is 1. The lowest BCUT2D eigenvalue weighted by Gasteiger charge is -2.09. The summed E-state index contributed by atoms with van der Waals surface area (Å²) in [5.41, 5.74) is 2.67. The lowest BCUT2D eigenvalue weighted by atomic mass is 10.1. The van der Waals surface area contributed by atoms with Gasteiger partial charge in [-0.1, -0.05) is 25.1 Å². The smallest absolute Gasteiger partial charge is 0.0526 e. The molecule has 2 heteroatoms. The van der Waals surface area contributed by atoms with Crippen molar-refractivity contribution >= 4 is 10.9 Å². The molecule has 2 aromatic rings. The second-order valence-electron chi connectivity index (χ2n) is 4.50. The highest BCUT2D eigenvalue weighted by Gasteiger charge is 2.05. The fourth-order valence-corrected chi connectivity index (χ4v) is 2.25. The molecule has 94 valence electrons. The molecular weight excluding hydrogens is 220 g/mol. The highest BCUT2D eigenvalue weighted by molar-refractivity contribution is 5.83. The maximum atomic E-state index is 5.35. The third kappa shape index (κ3) is 2.75. The molecule has 0 radical (unpaired) electrons. The number of aromatic nitrogens is 1. The number of aryl methyl sites for hydroxylation is 1. The van der Waals surface area contributed by atoms with E-state index in [9.17, 15) is 0 Å². The first-order valence-corrected chi connectivity index (χ1v) is 6.57. The van der Waals surface area contributed by atoms with Crippen LogP contribution in [0.4, 0.5) is 0 Å². The van der Waals surface area contributed by atoms with E-state index < -0.39 is 0 Å². The monoisotopic (exact) mass is 240 g/mol. The maximum absolute atomic E-state index is 5.35. The molecule has 0 bridgehead atoms. The minimum Gasteiger partial charge on any atom is -0.346 e. The molecule has 0 aliphatic heterocycles. The molecule has 0 amide bonds. The number of rotatable bonds is 6. The summed E-state index contributed by atoms with van der Waals surface area (Å²) >= 11 is 0. The number of nitrogens with one attached hydrogen (secondary N) is 1. The van der Waals surface area contributed by atoms with Gasteiger partial charge < -0.3 is 9.88 Å². The number of benzene rings is 1. The van der Waals surface area contributed by atoms with Crippen molar-refractivity contribution in [3.05, 3.63) is 36.0 Å². The SMILES string of the molecule is C#CCCn1ccc2cccc(CNCCC)c21. The van der Waals surface area contributed by atoms with Crippen molar-refractivity contribution < 1.29 is 0 Å². The summed E-state index contributed by atoms with van der Waals surface area (Å²) in [7, 11) is 0. The fraction of sp³-hybridized carbons (Fsp3) is 0.375. The summed E-state index contributed by atoms with van der Waals surface area (Å²) in [5, 5.41) is 4.76. The fourth-order valence-electron chi connectivity index (χ4n) is 2.25. The van der Waals surface area contributed by atoms with Crippen LogP contribution < -0.4 is 5.32 Å². The van der Waals surface area contributed by atoms with Crippen molar-refractivity contribution in [1.82, 2.24) is 9.88 Å². The van der Waals surface area contributed by atoms with E-state index in [0.29, 0.717) is 0 Å². The van der Waals surface area contributed by atoms with E-state index in [-0.39, 0.29) is 0 Å². The zero-order valence-electron chi connectivity index (χ0n) is 10.9. The van der Waals surface area contributed by atoms with Gasteiger partial charge in [0.2, 0.25) is 0 Å². The van der Waals surface area contributed by atoms with E-state index in [1.807, 2.05) is 0 Å². The van der Waals surface area contributed by atoms with Crippen LogP contribution in [-0.4, -0.2) is 11.1 Å². The van der Waals surface area contributed by atoms with Crippen LogP contribution in [0.1, 0.15) is 25.3 Å². The zero-order valence-corrected chi connectivity index (χ0v) is 10.9. The highest BCUT2D eigenvalue weighted by Crippen LogP contribution is 2.20. The summed E-state index contributed by atoms with van der Waals surface area (Å²) in [5.74, 6) is 2.71. The number of hydrogen-bond donors (Lipinski definition) is 1. The van der Waals surface area contributed by atoms with Crippen molar-refractivity contribution in [2.24, 2.45) is 0 Å². The number of hydrogen-bond acceptors (Lipinski definition) is 1. The Kier molecular flexibility index (Phi) is 4.44. The first kappa shape index (κ1) is 12.7. The van der Waals surface area contributed by atoms with Gasteiger partial charge >= 0.3 is 0 Å². The zero-order chi connectivity index (χ0) is 12.8. The molecule has 1 N–H and O–H groups in total. The summed E-state index contributed by atoms with van der Waals surface area (Å²) in [4.78, 5) is 0. The first-order chi connectivity index (χ1) is 8.86. The predicted molar refractivity (Wildman–Crippen MR) is 77.4 cm³/mol. The molecule has 1 aromatic carbocycles. The molecular formula is C16H20N2. The second-order valence-corrected chi connectivity index (χ2v) is 4.50. The molecule has 2 nitrogen and oxygen atoms in total. The van der Waals surface area contributed by atoms with Gasteiger partial charge in [-0.05, 0) is 30.0 Å². The van der Waals surface area contributed by atoms with Gasteiger partial charge in [0.15, 0.2) is 0 Å². The molecule has 0 aliphatic rings. The van der Waals surface area contributed by atoms with Crippen LogP contribution in [0.2, 0.25) is 0 Å².